The van der Waals surface area contributed by atoms with Gasteiger partial charge >= 0.3 is 0 Å². The molecule has 0 fully saturated rings. The van der Waals surface area contributed by atoms with Gasteiger partial charge in [0.1, 0.15) is 0 Å². The largest absolute Gasteiger partial charge is 0.347 e. The first-order valence-corrected chi connectivity index (χ1v) is 12.1. The lowest BCUT2D eigenvalue weighted by Gasteiger charge is -2.27. The maximum atomic E-state index is 14.5. The molecule has 0 amide bonds. The van der Waals surface area contributed by atoms with Crippen LogP contribution in [-0.4, -0.2) is 7.05 Å². The molecule has 154 valence electrons. The second-order valence-electron chi connectivity index (χ2n) is 8.62. The van der Waals surface area contributed by atoms with Crippen LogP contribution in [0.5, 0.6) is 0 Å². The monoisotopic (exact) mass is 416 g/mol. The Kier molecular flexibility index (Phi) is 5.11. The highest BCUT2D eigenvalue weighted by Crippen LogP contribution is 2.54. The van der Waals surface area contributed by atoms with Crippen molar-refractivity contribution in [2.45, 2.75) is 33.1 Å². The molecule has 1 heterocycles. The van der Waals surface area contributed by atoms with E-state index in [9.17, 15) is 4.57 Å². The summed E-state index contributed by atoms with van der Waals surface area (Å²) >= 11 is 0. The Morgan fingerprint density at radius 3 is 2.23 bits per heavy atom. The molecule has 0 spiro atoms. The van der Waals surface area contributed by atoms with E-state index in [0.29, 0.717) is 0 Å². The average Bonchev–Trinajstić information content (AvgIpc) is 2.92. The van der Waals surface area contributed by atoms with Crippen molar-refractivity contribution in [2.75, 3.05) is 17.0 Å². The predicted molar refractivity (Wildman–Crippen MR) is 129 cm³/mol. The molecule has 3 nitrogen and oxygen atoms in total. The van der Waals surface area contributed by atoms with Crippen molar-refractivity contribution in [1.29, 1.82) is 0 Å². The number of rotatable bonds is 4. The van der Waals surface area contributed by atoms with Gasteiger partial charge in [-0.05, 0) is 60.9 Å². The number of fused-ring (bicyclic) bond motifs is 1. The maximum Gasteiger partial charge on any atom is 0.221 e. The molecule has 1 aliphatic heterocycles. The molecule has 30 heavy (non-hydrogen) atoms. The minimum Gasteiger partial charge on any atom is -0.347 e. The summed E-state index contributed by atoms with van der Waals surface area (Å²) < 4.78 is 14.5. The van der Waals surface area contributed by atoms with E-state index in [4.69, 9.17) is 0 Å². The number of nitrogens with zero attached hydrogens (tertiary/aromatic N) is 1. The van der Waals surface area contributed by atoms with Gasteiger partial charge in [-0.1, -0.05) is 56.3 Å². The topological polar surface area (TPSA) is 32.3 Å². The summed E-state index contributed by atoms with van der Waals surface area (Å²) in [5.74, 6) is 1.97. The van der Waals surface area contributed by atoms with E-state index in [0.717, 1.165) is 16.7 Å². The maximum absolute atomic E-state index is 14.5. The molecule has 0 bridgehead atoms. The van der Waals surface area contributed by atoms with Crippen molar-refractivity contribution >= 4 is 24.0 Å². The molecule has 0 saturated heterocycles. The smallest absolute Gasteiger partial charge is 0.221 e. The first-order valence-electron chi connectivity index (χ1n) is 10.3. The third kappa shape index (κ3) is 3.48. The Labute approximate surface area is 179 Å². The molecule has 4 heteroatoms. The molecule has 3 aromatic carbocycles. The van der Waals surface area contributed by atoms with Gasteiger partial charge in [0.15, 0.2) is 0 Å². The van der Waals surface area contributed by atoms with Crippen LogP contribution in [0.4, 0.5) is 11.4 Å². The third-order valence-corrected chi connectivity index (χ3v) is 8.45. The number of hydrogen-bond donors (Lipinski definition) is 1. The molecular weight excluding hydrogens is 387 g/mol. The minimum absolute atomic E-state index is 0.235. The zero-order valence-corrected chi connectivity index (χ0v) is 19.2. The van der Waals surface area contributed by atoms with E-state index in [1.165, 1.54) is 22.4 Å². The van der Waals surface area contributed by atoms with Gasteiger partial charge in [-0.2, -0.15) is 0 Å². The predicted octanol–water partition coefficient (Wildman–Crippen LogP) is 6.59. The molecule has 0 aromatic heterocycles. The van der Waals surface area contributed by atoms with Crippen LogP contribution in [0.3, 0.4) is 0 Å². The fraction of sp³-hybridized carbons (Fsp3) is 0.231. The summed E-state index contributed by atoms with van der Waals surface area (Å²) in [6.07, 6.45) is 0. The number of para-hydroxylation sites is 1. The number of allylic oxidation sites excluding steroid dienone is 1. The van der Waals surface area contributed by atoms with Crippen molar-refractivity contribution in [3.63, 3.8) is 0 Å². The standard InChI is InChI=1S/C26H29N2OP/c1-19-15-16-21(17-20(19)2)27-30(29,22-11-7-6-8-12-22)18-25-26(3,4)23-13-9-10-14-24(23)28(25)5/h6-18H,1-5H3,(H,27,29)/b25-18+/t30-/m1/s1. The summed E-state index contributed by atoms with van der Waals surface area (Å²) in [5.41, 5.74) is 6.51. The Morgan fingerprint density at radius 1 is 0.900 bits per heavy atom. The molecular formula is C26H29N2OP. The fourth-order valence-corrected chi connectivity index (χ4v) is 6.55. The molecule has 0 unspecified atom stereocenters. The molecule has 0 aliphatic carbocycles. The number of hydrogen-bond acceptors (Lipinski definition) is 2. The van der Waals surface area contributed by atoms with Crippen LogP contribution in [0, 0.1) is 13.8 Å². The number of likely N-dealkylation sites (N-methyl/N-ethyl adjacent to an activating group) is 1. The first kappa shape index (κ1) is 20.5. The van der Waals surface area contributed by atoms with Crippen LogP contribution in [0.15, 0.2) is 84.3 Å². The molecule has 1 N–H and O–H groups in total. The summed E-state index contributed by atoms with van der Waals surface area (Å²) in [6.45, 7) is 8.57. The highest BCUT2D eigenvalue weighted by Gasteiger charge is 2.40. The Bertz CT molecular complexity index is 1160. The quantitative estimate of drug-likeness (QED) is 0.487. The number of benzene rings is 3. The van der Waals surface area contributed by atoms with Crippen LogP contribution in [0.1, 0.15) is 30.5 Å². The minimum atomic E-state index is -3.08. The molecule has 0 radical (unpaired) electrons. The third-order valence-electron chi connectivity index (χ3n) is 6.19. The van der Waals surface area contributed by atoms with E-state index in [-0.39, 0.29) is 5.41 Å². The van der Waals surface area contributed by atoms with Gasteiger partial charge in [0, 0.05) is 40.7 Å². The van der Waals surface area contributed by atoms with Gasteiger partial charge < -0.3 is 9.99 Å². The van der Waals surface area contributed by atoms with Gasteiger partial charge in [0.2, 0.25) is 7.29 Å². The summed E-state index contributed by atoms with van der Waals surface area (Å²) in [5, 5.41) is 4.21. The highest BCUT2D eigenvalue weighted by molar-refractivity contribution is 7.75. The van der Waals surface area contributed by atoms with Gasteiger partial charge in [0.05, 0.1) is 0 Å². The van der Waals surface area contributed by atoms with Crippen LogP contribution < -0.4 is 15.3 Å². The van der Waals surface area contributed by atoms with Crippen LogP contribution in [-0.2, 0) is 9.98 Å². The highest BCUT2D eigenvalue weighted by atomic mass is 31.2. The summed E-state index contributed by atoms with van der Waals surface area (Å²) in [4.78, 5) is 2.17. The summed E-state index contributed by atoms with van der Waals surface area (Å²) in [7, 11) is -1.02. The van der Waals surface area contributed by atoms with Gasteiger partial charge in [0.25, 0.3) is 0 Å². The first-order chi connectivity index (χ1) is 14.2. The lowest BCUT2D eigenvalue weighted by Crippen LogP contribution is -2.24. The zero-order valence-electron chi connectivity index (χ0n) is 18.3. The van der Waals surface area contributed by atoms with Crippen molar-refractivity contribution < 1.29 is 4.57 Å². The van der Waals surface area contributed by atoms with E-state index < -0.39 is 7.29 Å². The van der Waals surface area contributed by atoms with Crippen LogP contribution in [0.25, 0.3) is 0 Å². The molecule has 1 aliphatic rings. The van der Waals surface area contributed by atoms with Crippen LogP contribution >= 0.6 is 7.29 Å². The Balaban J connectivity index is 1.85. The lowest BCUT2D eigenvalue weighted by atomic mass is 9.84. The molecule has 0 saturated carbocycles. The molecule has 4 rings (SSSR count). The summed E-state index contributed by atoms with van der Waals surface area (Å²) in [6, 6.07) is 24.3. The van der Waals surface area contributed by atoms with E-state index in [1.807, 2.05) is 42.2 Å². The second kappa shape index (κ2) is 7.49. The van der Waals surface area contributed by atoms with Crippen molar-refractivity contribution in [1.82, 2.24) is 0 Å². The van der Waals surface area contributed by atoms with Gasteiger partial charge in [-0.25, -0.2) is 0 Å². The zero-order chi connectivity index (χ0) is 21.5. The van der Waals surface area contributed by atoms with Crippen molar-refractivity contribution in [3.8, 4) is 0 Å². The normalized spacial score (nSPS) is 18.2. The number of anilines is 2. The van der Waals surface area contributed by atoms with E-state index >= 15 is 0 Å². The Hall–Kier alpha value is -2.77. The van der Waals surface area contributed by atoms with E-state index in [1.54, 1.807) is 0 Å². The SMILES string of the molecule is Cc1ccc(N[P@@](=O)(/C=C2/N(C)c3ccccc3C2(C)C)c2ccccc2)cc1C. The number of nitrogens with one attached hydrogen (secondary N) is 1. The van der Waals surface area contributed by atoms with Crippen molar-refractivity contribution in [3.05, 3.63) is 101 Å². The lowest BCUT2D eigenvalue weighted by molar-refractivity contribution is 0.587. The van der Waals surface area contributed by atoms with Crippen molar-refractivity contribution in [2.24, 2.45) is 0 Å². The average molecular weight is 417 g/mol. The van der Waals surface area contributed by atoms with Gasteiger partial charge in [-0.15, -0.1) is 0 Å². The van der Waals surface area contributed by atoms with Crippen LogP contribution in [0.2, 0.25) is 0 Å². The second-order valence-corrected chi connectivity index (χ2v) is 10.9. The molecule has 3 aromatic rings. The molecule has 1 atom stereocenters. The Morgan fingerprint density at radius 2 is 1.57 bits per heavy atom. The fourth-order valence-electron chi connectivity index (χ4n) is 4.23. The van der Waals surface area contributed by atoms with E-state index in [2.05, 4.69) is 81.1 Å². The van der Waals surface area contributed by atoms with Gasteiger partial charge in [-0.3, -0.25) is 4.57 Å². The number of aryl methyl sites for hydroxylation is 2.